The van der Waals surface area contributed by atoms with Crippen LogP contribution < -0.4 is 9.47 Å². The quantitative estimate of drug-likeness (QED) is 0.544. The fourth-order valence-corrected chi connectivity index (χ4v) is 1.88. The van der Waals surface area contributed by atoms with Crippen molar-refractivity contribution in [1.29, 1.82) is 0 Å². The second-order valence-electron chi connectivity index (χ2n) is 3.54. The topological polar surface area (TPSA) is 27.7 Å². The molecule has 0 saturated heterocycles. The van der Waals surface area contributed by atoms with E-state index < -0.39 is 0 Å². The van der Waals surface area contributed by atoms with E-state index in [1.165, 1.54) is 0 Å². The van der Waals surface area contributed by atoms with E-state index in [1.807, 2.05) is 18.2 Å². The Morgan fingerprint density at radius 2 is 2.00 bits per heavy atom. The van der Waals surface area contributed by atoms with Crippen LogP contribution in [0.5, 0.6) is 11.5 Å². The first kappa shape index (κ1) is 14.3. The summed E-state index contributed by atoms with van der Waals surface area (Å²) in [5.74, 6) is 1.56. The maximum absolute atomic E-state index is 5.72. The number of benzene rings is 1. The molecule has 3 nitrogen and oxygen atoms in total. The van der Waals surface area contributed by atoms with Crippen molar-refractivity contribution in [3.63, 3.8) is 0 Å². The summed E-state index contributed by atoms with van der Waals surface area (Å²) in [6.07, 6.45) is 1.03. The Morgan fingerprint density at radius 3 is 2.65 bits per heavy atom. The van der Waals surface area contributed by atoms with Crippen molar-refractivity contribution in [3.05, 3.63) is 23.8 Å². The van der Waals surface area contributed by atoms with Crippen LogP contribution in [0.2, 0.25) is 0 Å². The number of hydrogen-bond acceptors (Lipinski definition) is 3. The molecule has 0 N–H and O–H groups in total. The van der Waals surface area contributed by atoms with Crippen molar-refractivity contribution in [2.45, 2.75) is 18.7 Å². The minimum Gasteiger partial charge on any atom is -0.493 e. The standard InChI is InChI=1S/C13H19BrO3/c1-3-7-16-8-9-17-13-11(10-14)5-4-6-12(13)15-2/h4-6H,3,7-10H2,1-2H3. The number of methoxy groups -OCH3 is 1. The Balaban J connectivity index is 2.55. The predicted molar refractivity (Wildman–Crippen MR) is 72.2 cm³/mol. The second-order valence-corrected chi connectivity index (χ2v) is 4.10. The SMILES string of the molecule is CCCOCCOc1c(CBr)cccc1OC. The zero-order valence-corrected chi connectivity index (χ0v) is 12.0. The molecule has 0 atom stereocenters. The zero-order valence-electron chi connectivity index (χ0n) is 10.4. The molecule has 1 aromatic rings. The fourth-order valence-electron chi connectivity index (χ4n) is 1.44. The summed E-state index contributed by atoms with van der Waals surface area (Å²) in [4.78, 5) is 0. The Hall–Kier alpha value is -0.740. The van der Waals surface area contributed by atoms with Gasteiger partial charge in [0.1, 0.15) is 6.61 Å². The largest absolute Gasteiger partial charge is 0.493 e. The van der Waals surface area contributed by atoms with Gasteiger partial charge in [-0.15, -0.1) is 0 Å². The molecule has 96 valence electrons. The van der Waals surface area contributed by atoms with E-state index in [0.29, 0.717) is 13.2 Å². The third kappa shape index (κ3) is 4.56. The lowest BCUT2D eigenvalue weighted by molar-refractivity contribution is 0.0992. The van der Waals surface area contributed by atoms with Crippen molar-refractivity contribution in [2.75, 3.05) is 26.9 Å². The molecule has 0 spiro atoms. The van der Waals surface area contributed by atoms with Gasteiger partial charge in [0.2, 0.25) is 0 Å². The van der Waals surface area contributed by atoms with Gasteiger partial charge in [0.25, 0.3) is 0 Å². The molecule has 0 bridgehead atoms. The van der Waals surface area contributed by atoms with Crippen LogP contribution in [0.1, 0.15) is 18.9 Å². The maximum atomic E-state index is 5.72. The van der Waals surface area contributed by atoms with Crippen molar-refractivity contribution in [3.8, 4) is 11.5 Å². The Kier molecular flexibility index (Phi) is 7.05. The minimum atomic E-state index is 0.542. The van der Waals surface area contributed by atoms with Gasteiger partial charge in [-0.25, -0.2) is 0 Å². The summed E-state index contributed by atoms with van der Waals surface area (Å²) in [7, 11) is 1.65. The lowest BCUT2D eigenvalue weighted by Crippen LogP contribution is -2.08. The summed E-state index contributed by atoms with van der Waals surface area (Å²) in [5, 5.41) is 0.745. The molecule has 4 heteroatoms. The van der Waals surface area contributed by atoms with Gasteiger partial charge in [0.15, 0.2) is 11.5 Å². The molecule has 0 aromatic heterocycles. The first-order valence-corrected chi connectivity index (χ1v) is 6.88. The molecule has 1 rings (SSSR count). The van der Waals surface area contributed by atoms with Gasteiger partial charge >= 0.3 is 0 Å². The highest BCUT2D eigenvalue weighted by molar-refractivity contribution is 9.08. The molecule has 0 aliphatic carbocycles. The maximum Gasteiger partial charge on any atom is 0.165 e. The van der Waals surface area contributed by atoms with Crippen LogP contribution in [-0.2, 0) is 10.1 Å². The van der Waals surface area contributed by atoms with Gasteiger partial charge in [-0.1, -0.05) is 35.0 Å². The normalized spacial score (nSPS) is 10.3. The van der Waals surface area contributed by atoms with Crippen LogP contribution in [0, 0.1) is 0 Å². The number of alkyl halides is 1. The molecule has 0 radical (unpaired) electrons. The molecule has 0 unspecified atom stereocenters. The van der Waals surface area contributed by atoms with E-state index in [9.17, 15) is 0 Å². The molecule has 0 aliphatic rings. The van der Waals surface area contributed by atoms with Crippen molar-refractivity contribution in [1.82, 2.24) is 0 Å². The smallest absolute Gasteiger partial charge is 0.165 e. The van der Waals surface area contributed by atoms with Gasteiger partial charge in [-0.05, 0) is 12.5 Å². The van der Waals surface area contributed by atoms with Crippen molar-refractivity contribution < 1.29 is 14.2 Å². The molecule has 0 amide bonds. The molecule has 0 fully saturated rings. The lowest BCUT2D eigenvalue weighted by Gasteiger charge is -2.13. The molecular weight excluding hydrogens is 284 g/mol. The van der Waals surface area contributed by atoms with E-state index in [0.717, 1.165) is 35.4 Å². The number of halogens is 1. The van der Waals surface area contributed by atoms with Gasteiger partial charge in [0, 0.05) is 17.5 Å². The van der Waals surface area contributed by atoms with Gasteiger partial charge in [0.05, 0.1) is 13.7 Å². The van der Waals surface area contributed by atoms with Gasteiger partial charge in [-0.3, -0.25) is 0 Å². The fraction of sp³-hybridized carbons (Fsp3) is 0.538. The first-order valence-electron chi connectivity index (χ1n) is 5.75. The molecule has 0 heterocycles. The molecular formula is C13H19BrO3. The third-order valence-electron chi connectivity index (χ3n) is 2.25. The zero-order chi connectivity index (χ0) is 12.5. The molecule has 17 heavy (non-hydrogen) atoms. The van der Waals surface area contributed by atoms with E-state index in [2.05, 4.69) is 22.9 Å². The summed E-state index contributed by atoms with van der Waals surface area (Å²) in [6, 6.07) is 5.86. The Bertz CT molecular complexity index is 306. The van der Waals surface area contributed by atoms with Crippen LogP contribution in [-0.4, -0.2) is 26.9 Å². The Morgan fingerprint density at radius 1 is 1.18 bits per heavy atom. The van der Waals surface area contributed by atoms with E-state index in [1.54, 1.807) is 7.11 Å². The van der Waals surface area contributed by atoms with E-state index >= 15 is 0 Å². The predicted octanol–water partition coefficient (Wildman–Crippen LogP) is 3.40. The summed E-state index contributed by atoms with van der Waals surface area (Å²) < 4.78 is 16.4. The van der Waals surface area contributed by atoms with Crippen molar-refractivity contribution >= 4 is 15.9 Å². The van der Waals surface area contributed by atoms with Crippen LogP contribution in [0.15, 0.2) is 18.2 Å². The van der Waals surface area contributed by atoms with Crippen LogP contribution in [0.25, 0.3) is 0 Å². The monoisotopic (exact) mass is 302 g/mol. The number of hydrogen-bond donors (Lipinski definition) is 0. The number of rotatable bonds is 8. The second kappa shape index (κ2) is 8.37. The van der Waals surface area contributed by atoms with Crippen LogP contribution in [0.4, 0.5) is 0 Å². The van der Waals surface area contributed by atoms with E-state index in [4.69, 9.17) is 14.2 Å². The Labute approximate surface area is 111 Å². The molecule has 1 aromatic carbocycles. The highest BCUT2D eigenvalue weighted by Gasteiger charge is 2.09. The van der Waals surface area contributed by atoms with Crippen LogP contribution in [0.3, 0.4) is 0 Å². The summed E-state index contributed by atoms with van der Waals surface area (Å²) in [6.45, 7) is 4.01. The number of para-hydroxylation sites is 1. The van der Waals surface area contributed by atoms with Gasteiger partial charge in [-0.2, -0.15) is 0 Å². The minimum absolute atomic E-state index is 0.542. The lowest BCUT2D eigenvalue weighted by atomic mass is 10.2. The average molecular weight is 303 g/mol. The average Bonchev–Trinajstić information content (AvgIpc) is 2.38. The van der Waals surface area contributed by atoms with Gasteiger partial charge < -0.3 is 14.2 Å². The van der Waals surface area contributed by atoms with E-state index in [-0.39, 0.29) is 0 Å². The van der Waals surface area contributed by atoms with Crippen LogP contribution >= 0.6 is 15.9 Å². The third-order valence-corrected chi connectivity index (χ3v) is 2.85. The highest BCUT2D eigenvalue weighted by atomic mass is 79.9. The number of ether oxygens (including phenoxy) is 3. The summed E-state index contributed by atoms with van der Waals surface area (Å²) >= 11 is 3.44. The van der Waals surface area contributed by atoms with Crippen molar-refractivity contribution in [2.24, 2.45) is 0 Å². The molecule has 0 saturated carbocycles. The first-order chi connectivity index (χ1) is 8.33. The molecule has 0 aliphatic heterocycles. The summed E-state index contributed by atoms with van der Waals surface area (Å²) in [5.41, 5.74) is 1.08. The highest BCUT2D eigenvalue weighted by Crippen LogP contribution is 2.32.